The number of ether oxygens (including phenoxy) is 1. The number of hydrogen-bond acceptors (Lipinski definition) is 6. The van der Waals surface area contributed by atoms with Crippen molar-refractivity contribution in [1.29, 1.82) is 0 Å². The van der Waals surface area contributed by atoms with Crippen molar-refractivity contribution in [2.24, 2.45) is 0 Å². The minimum atomic E-state index is -0.763. The molecule has 0 spiro atoms. The zero-order valence-electron chi connectivity index (χ0n) is 23.8. The fourth-order valence-electron chi connectivity index (χ4n) is 5.48. The number of hydrogen-bond donors (Lipinski definition) is 1. The maximum Gasteiger partial charge on any atom is 0.300 e. The fourth-order valence-corrected chi connectivity index (χ4v) is 5.48. The second-order valence-corrected chi connectivity index (χ2v) is 11.0. The molecule has 2 aliphatic heterocycles. The van der Waals surface area contributed by atoms with Crippen molar-refractivity contribution in [3.8, 4) is 5.75 Å². The number of likely N-dealkylation sites (N-methyl/N-ethyl adjacent to an activating group) is 1. The Hall–Kier alpha value is -4.10. The Morgan fingerprint density at radius 3 is 2.20 bits per heavy atom. The molecule has 0 radical (unpaired) electrons. The molecule has 1 N–H and O–H groups in total. The normalized spacial score (nSPS) is 19.5. The molecule has 0 bridgehead atoms. The topological polar surface area (TPSA) is 73.3 Å². The van der Waals surface area contributed by atoms with Crippen LogP contribution in [0.2, 0.25) is 0 Å². The molecule has 1 unspecified atom stereocenters. The van der Waals surface area contributed by atoms with Crippen molar-refractivity contribution in [1.82, 2.24) is 4.90 Å². The van der Waals surface area contributed by atoms with E-state index in [-0.39, 0.29) is 17.4 Å². The molecule has 7 heteroatoms. The van der Waals surface area contributed by atoms with Crippen LogP contribution in [-0.2, 0) is 9.59 Å². The van der Waals surface area contributed by atoms with Gasteiger partial charge in [-0.15, -0.1) is 0 Å². The Morgan fingerprint density at radius 2 is 1.57 bits per heavy atom. The van der Waals surface area contributed by atoms with E-state index in [0.717, 1.165) is 48.6 Å². The van der Waals surface area contributed by atoms with Gasteiger partial charge in [-0.3, -0.25) is 14.5 Å². The number of benzene rings is 3. The maximum atomic E-state index is 13.6. The van der Waals surface area contributed by atoms with E-state index in [0.29, 0.717) is 17.0 Å². The van der Waals surface area contributed by atoms with Crippen LogP contribution in [0.15, 0.2) is 72.3 Å². The number of Topliss-reactive ketones (excluding diaryl/α,β-unsaturated/α-hetero) is 1. The van der Waals surface area contributed by atoms with Gasteiger partial charge in [0.25, 0.3) is 11.7 Å². The number of ketones is 1. The number of rotatable bonds is 6. The molecule has 3 aromatic carbocycles. The summed E-state index contributed by atoms with van der Waals surface area (Å²) in [6, 6.07) is 20.1. The Morgan fingerprint density at radius 1 is 0.900 bits per heavy atom. The predicted octanol–water partition coefficient (Wildman–Crippen LogP) is 5.47. The molecule has 0 aromatic heterocycles. The van der Waals surface area contributed by atoms with Gasteiger partial charge in [0.2, 0.25) is 0 Å². The first-order valence-corrected chi connectivity index (χ1v) is 13.8. The number of aliphatic hydroxyl groups excluding tert-OH is 1. The number of aliphatic hydroxyl groups is 1. The van der Waals surface area contributed by atoms with E-state index in [9.17, 15) is 14.7 Å². The van der Waals surface area contributed by atoms with Crippen molar-refractivity contribution in [3.05, 3.63) is 94.6 Å². The van der Waals surface area contributed by atoms with Crippen LogP contribution in [0.3, 0.4) is 0 Å². The third kappa shape index (κ3) is 5.34. The average Bonchev–Trinajstić information content (AvgIpc) is 3.20. The number of aryl methyl sites for hydroxylation is 2. The van der Waals surface area contributed by atoms with E-state index in [1.54, 1.807) is 18.2 Å². The summed E-state index contributed by atoms with van der Waals surface area (Å²) in [7, 11) is 2.12. The van der Waals surface area contributed by atoms with E-state index in [1.807, 2.05) is 76.2 Å². The lowest BCUT2D eigenvalue weighted by atomic mass is 9.93. The number of anilines is 2. The summed E-state index contributed by atoms with van der Waals surface area (Å²) in [4.78, 5) is 33.3. The van der Waals surface area contributed by atoms with Gasteiger partial charge in [0.05, 0.1) is 17.7 Å². The lowest BCUT2D eigenvalue weighted by Crippen LogP contribution is -2.44. The summed E-state index contributed by atoms with van der Waals surface area (Å²) in [5.41, 5.74) is 4.84. The summed E-state index contributed by atoms with van der Waals surface area (Å²) in [6.07, 6.45) is 0.00688. The first-order valence-electron chi connectivity index (χ1n) is 13.8. The lowest BCUT2D eigenvalue weighted by Gasteiger charge is -2.34. The van der Waals surface area contributed by atoms with Crippen LogP contribution in [0.5, 0.6) is 5.75 Å². The fraction of sp³-hybridized carbons (Fsp3) is 0.333. The molecule has 0 aliphatic carbocycles. The second kappa shape index (κ2) is 11.2. The molecule has 2 heterocycles. The van der Waals surface area contributed by atoms with Crippen LogP contribution in [-0.4, -0.2) is 61.0 Å². The minimum Gasteiger partial charge on any atom is -0.507 e. The monoisotopic (exact) mass is 539 g/mol. The van der Waals surface area contributed by atoms with Crippen LogP contribution >= 0.6 is 0 Å². The molecule has 0 saturated carbocycles. The van der Waals surface area contributed by atoms with Gasteiger partial charge in [-0.1, -0.05) is 29.8 Å². The highest BCUT2D eigenvalue weighted by Crippen LogP contribution is 2.43. The third-order valence-electron chi connectivity index (χ3n) is 7.61. The highest BCUT2D eigenvalue weighted by atomic mass is 16.5. The van der Waals surface area contributed by atoms with Gasteiger partial charge < -0.3 is 19.6 Å². The number of carbonyl (C=O) groups is 2. The Kier molecular flexibility index (Phi) is 7.68. The van der Waals surface area contributed by atoms with Crippen LogP contribution in [0.1, 0.15) is 42.1 Å². The molecule has 40 heavy (non-hydrogen) atoms. The van der Waals surface area contributed by atoms with Gasteiger partial charge in [-0.05, 0) is 88.3 Å². The SMILES string of the molecule is Cc1cccc(C2/C(=C(/O)c3ccc(OC(C)C)c(C)c3)C(=O)C(=O)N2c2ccc(N3CCN(C)CC3)cc2)c1. The predicted molar refractivity (Wildman–Crippen MR) is 159 cm³/mol. The lowest BCUT2D eigenvalue weighted by molar-refractivity contribution is -0.132. The number of piperazine rings is 1. The summed E-state index contributed by atoms with van der Waals surface area (Å²) < 4.78 is 5.85. The van der Waals surface area contributed by atoms with Crippen molar-refractivity contribution >= 4 is 28.8 Å². The van der Waals surface area contributed by atoms with E-state index in [1.165, 1.54) is 4.90 Å². The van der Waals surface area contributed by atoms with Crippen LogP contribution in [0.25, 0.3) is 5.76 Å². The summed E-state index contributed by atoms with van der Waals surface area (Å²) in [5, 5.41) is 11.5. The Balaban J connectivity index is 1.57. The molecule has 2 saturated heterocycles. The summed E-state index contributed by atoms with van der Waals surface area (Å²) in [6.45, 7) is 11.6. The van der Waals surface area contributed by atoms with Gasteiger partial charge in [0, 0.05) is 43.1 Å². The molecule has 7 nitrogen and oxygen atoms in total. The highest BCUT2D eigenvalue weighted by Gasteiger charge is 2.47. The largest absolute Gasteiger partial charge is 0.507 e. The van der Waals surface area contributed by atoms with Gasteiger partial charge in [0.15, 0.2) is 0 Å². The summed E-state index contributed by atoms with van der Waals surface area (Å²) in [5.74, 6) is -0.840. The molecule has 2 fully saturated rings. The Bertz CT molecular complexity index is 1450. The zero-order chi connectivity index (χ0) is 28.6. The molecular weight excluding hydrogens is 502 g/mol. The standard InChI is InChI=1S/C33H37N3O4/c1-21(2)40-28-14-9-25(20-23(28)4)31(37)29-30(24-8-6-7-22(3)19-24)36(33(39)32(29)38)27-12-10-26(11-13-27)35-17-15-34(5)16-18-35/h6-14,19-21,30,37H,15-18H2,1-5H3/b31-29-. The van der Waals surface area contributed by atoms with Crippen molar-refractivity contribution in [3.63, 3.8) is 0 Å². The second-order valence-electron chi connectivity index (χ2n) is 11.0. The van der Waals surface area contributed by atoms with Crippen molar-refractivity contribution < 1.29 is 19.4 Å². The van der Waals surface area contributed by atoms with Gasteiger partial charge in [-0.2, -0.15) is 0 Å². The minimum absolute atomic E-state index is 0.00688. The van der Waals surface area contributed by atoms with Crippen molar-refractivity contribution in [2.45, 2.75) is 39.8 Å². The molecule has 2 aliphatic rings. The molecular formula is C33H37N3O4. The molecule has 3 aromatic rings. The Labute approximate surface area is 236 Å². The van der Waals surface area contributed by atoms with E-state index in [4.69, 9.17) is 4.74 Å². The third-order valence-corrected chi connectivity index (χ3v) is 7.61. The highest BCUT2D eigenvalue weighted by molar-refractivity contribution is 6.51. The zero-order valence-corrected chi connectivity index (χ0v) is 23.8. The van der Waals surface area contributed by atoms with Crippen molar-refractivity contribution in [2.75, 3.05) is 43.0 Å². The maximum absolute atomic E-state index is 13.6. The van der Waals surface area contributed by atoms with E-state index < -0.39 is 17.7 Å². The molecule has 5 rings (SSSR count). The van der Waals surface area contributed by atoms with Crippen LogP contribution in [0, 0.1) is 13.8 Å². The van der Waals surface area contributed by atoms with Crippen LogP contribution < -0.4 is 14.5 Å². The number of amides is 1. The quantitative estimate of drug-likeness (QED) is 0.255. The first-order chi connectivity index (χ1) is 19.1. The molecule has 1 atom stereocenters. The van der Waals surface area contributed by atoms with Crippen LogP contribution in [0.4, 0.5) is 11.4 Å². The van der Waals surface area contributed by atoms with Gasteiger partial charge in [0.1, 0.15) is 11.5 Å². The van der Waals surface area contributed by atoms with E-state index >= 15 is 0 Å². The number of carbonyl (C=O) groups excluding carboxylic acids is 2. The molecule has 208 valence electrons. The smallest absolute Gasteiger partial charge is 0.300 e. The number of nitrogens with zero attached hydrogens (tertiary/aromatic N) is 3. The summed E-state index contributed by atoms with van der Waals surface area (Å²) >= 11 is 0. The first kappa shape index (κ1) is 27.5. The average molecular weight is 540 g/mol. The van der Waals surface area contributed by atoms with Gasteiger partial charge in [-0.25, -0.2) is 0 Å². The molecule has 1 amide bonds. The van der Waals surface area contributed by atoms with Gasteiger partial charge >= 0.3 is 0 Å². The van der Waals surface area contributed by atoms with E-state index in [2.05, 4.69) is 16.8 Å².